The summed E-state index contributed by atoms with van der Waals surface area (Å²) in [5, 5.41) is 14.0. The van der Waals surface area contributed by atoms with Gasteiger partial charge in [0.15, 0.2) is 0 Å². The minimum absolute atomic E-state index is 0.0793. The highest BCUT2D eigenvalue weighted by Gasteiger charge is 2.18. The van der Waals surface area contributed by atoms with Crippen molar-refractivity contribution < 1.29 is 9.66 Å². The molecule has 6 heteroatoms. The molecule has 1 N–H and O–H groups in total. The average molecular weight is 301 g/mol. The summed E-state index contributed by atoms with van der Waals surface area (Å²) in [6.07, 6.45) is 1.20. The van der Waals surface area contributed by atoms with Crippen LogP contribution in [0, 0.1) is 10.1 Å². The zero-order valence-electron chi connectivity index (χ0n) is 9.19. The molecule has 17 heavy (non-hydrogen) atoms. The first-order valence-electron chi connectivity index (χ1n) is 5.42. The Bertz CT molecular complexity index is 419. The Hall–Kier alpha value is -0.980. The van der Waals surface area contributed by atoms with E-state index in [1.54, 1.807) is 6.07 Å². The Morgan fingerprint density at radius 2 is 2.41 bits per heavy atom. The number of nitrogens with one attached hydrogen (secondary N) is 1. The first kappa shape index (κ1) is 12.5. The number of rotatable bonds is 4. The molecule has 0 aromatic heterocycles. The third-order valence-corrected chi connectivity index (χ3v) is 3.66. The predicted molar refractivity (Wildman–Crippen MR) is 66.9 cm³/mol. The summed E-state index contributed by atoms with van der Waals surface area (Å²) < 4.78 is 6.20. The van der Waals surface area contributed by atoms with Crippen molar-refractivity contribution in [2.24, 2.45) is 0 Å². The van der Waals surface area contributed by atoms with Gasteiger partial charge in [-0.2, -0.15) is 0 Å². The summed E-state index contributed by atoms with van der Waals surface area (Å²) in [5.74, 6) is 0. The first-order chi connectivity index (χ1) is 8.18. The van der Waals surface area contributed by atoms with Crippen molar-refractivity contribution in [3.63, 3.8) is 0 Å². The lowest BCUT2D eigenvalue weighted by Gasteiger charge is -2.11. The number of hydrogen-bond donors (Lipinski definition) is 1. The molecule has 2 rings (SSSR count). The number of benzene rings is 1. The van der Waals surface area contributed by atoms with E-state index in [1.165, 1.54) is 6.07 Å². The van der Waals surface area contributed by atoms with Gasteiger partial charge in [0.25, 0.3) is 5.69 Å². The van der Waals surface area contributed by atoms with Gasteiger partial charge in [0, 0.05) is 12.6 Å². The summed E-state index contributed by atoms with van der Waals surface area (Å²) in [7, 11) is 0. The number of nitro benzene ring substituents is 1. The van der Waals surface area contributed by atoms with Gasteiger partial charge in [0.05, 0.1) is 17.6 Å². The normalized spacial score (nSPS) is 19.5. The molecule has 0 aliphatic carbocycles. The molecule has 1 aliphatic heterocycles. The third kappa shape index (κ3) is 3.02. The topological polar surface area (TPSA) is 64.4 Å². The van der Waals surface area contributed by atoms with Crippen molar-refractivity contribution in [1.82, 2.24) is 5.32 Å². The lowest BCUT2D eigenvalue weighted by molar-refractivity contribution is -0.385. The van der Waals surface area contributed by atoms with Crippen molar-refractivity contribution in [3.05, 3.63) is 38.3 Å². The van der Waals surface area contributed by atoms with E-state index in [0.717, 1.165) is 25.1 Å². The zero-order chi connectivity index (χ0) is 12.3. The van der Waals surface area contributed by atoms with Crippen LogP contribution in [0.2, 0.25) is 0 Å². The summed E-state index contributed by atoms with van der Waals surface area (Å²) >= 11 is 3.25. The van der Waals surface area contributed by atoms with Gasteiger partial charge in [-0.25, -0.2) is 0 Å². The summed E-state index contributed by atoms with van der Waals surface area (Å²) in [6.45, 7) is 2.22. The molecule has 1 unspecified atom stereocenters. The standard InChI is InChI=1S/C11H13BrN2O3/c12-11-8(2-1-3-10(11)14(15)16)7-17-9-4-5-13-6-9/h1-3,9,13H,4-7H2. The van der Waals surface area contributed by atoms with Crippen LogP contribution in [0.4, 0.5) is 5.69 Å². The highest BCUT2D eigenvalue weighted by Crippen LogP contribution is 2.29. The Morgan fingerprint density at radius 1 is 1.59 bits per heavy atom. The van der Waals surface area contributed by atoms with E-state index >= 15 is 0 Å². The largest absolute Gasteiger partial charge is 0.372 e. The zero-order valence-corrected chi connectivity index (χ0v) is 10.8. The number of hydrogen-bond acceptors (Lipinski definition) is 4. The van der Waals surface area contributed by atoms with Crippen LogP contribution in [0.3, 0.4) is 0 Å². The Kier molecular flexibility index (Phi) is 4.09. The van der Waals surface area contributed by atoms with Crippen LogP contribution in [0.15, 0.2) is 22.7 Å². The van der Waals surface area contributed by atoms with Crippen LogP contribution < -0.4 is 5.32 Å². The fraction of sp³-hybridized carbons (Fsp3) is 0.455. The van der Waals surface area contributed by atoms with Crippen molar-refractivity contribution in [1.29, 1.82) is 0 Å². The molecular weight excluding hydrogens is 288 g/mol. The maximum atomic E-state index is 10.8. The molecule has 0 amide bonds. The SMILES string of the molecule is O=[N+]([O-])c1cccc(COC2CCNC2)c1Br. The number of ether oxygens (including phenoxy) is 1. The molecule has 0 bridgehead atoms. The van der Waals surface area contributed by atoms with Crippen LogP contribution in [-0.4, -0.2) is 24.1 Å². The molecule has 1 aromatic rings. The predicted octanol–water partition coefficient (Wildman–Crippen LogP) is 2.24. The molecule has 0 radical (unpaired) electrons. The molecule has 1 fully saturated rings. The quantitative estimate of drug-likeness (QED) is 0.684. The van der Waals surface area contributed by atoms with Crippen LogP contribution in [0.1, 0.15) is 12.0 Å². The van der Waals surface area contributed by atoms with Gasteiger partial charge in [-0.05, 0) is 34.5 Å². The number of nitro groups is 1. The second-order valence-corrected chi connectivity index (χ2v) is 4.73. The maximum absolute atomic E-state index is 10.8. The van der Waals surface area contributed by atoms with Gasteiger partial charge in [0.2, 0.25) is 0 Å². The number of nitrogens with zero attached hydrogens (tertiary/aromatic N) is 1. The summed E-state index contributed by atoms with van der Waals surface area (Å²) in [6, 6.07) is 4.98. The van der Waals surface area contributed by atoms with Crippen molar-refractivity contribution in [2.75, 3.05) is 13.1 Å². The van der Waals surface area contributed by atoms with E-state index < -0.39 is 4.92 Å². The summed E-state index contributed by atoms with van der Waals surface area (Å²) in [5.41, 5.74) is 0.891. The fourth-order valence-corrected chi connectivity index (χ4v) is 2.32. The molecule has 1 aromatic carbocycles. The van der Waals surface area contributed by atoms with Crippen LogP contribution in [-0.2, 0) is 11.3 Å². The van der Waals surface area contributed by atoms with Crippen molar-refractivity contribution >= 4 is 21.6 Å². The van der Waals surface area contributed by atoms with Crippen LogP contribution in [0.25, 0.3) is 0 Å². The Morgan fingerprint density at radius 3 is 3.06 bits per heavy atom. The lowest BCUT2D eigenvalue weighted by Crippen LogP contribution is -2.16. The van der Waals surface area contributed by atoms with Gasteiger partial charge in [-0.15, -0.1) is 0 Å². The fourth-order valence-electron chi connectivity index (χ4n) is 1.80. The van der Waals surface area contributed by atoms with Gasteiger partial charge >= 0.3 is 0 Å². The number of halogens is 1. The highest BCUT2D eigenvalue weighted by atomic mass is 79.9. The van der Waals surface area contributed by atoms with E-state index in [4.69, 9.17) is 4.74 Å². The van der Waals surface area contributed by atoms with Crippen molar-refractivity contribution in [2.45, 2.75) is 19.1 Å². The minimum atomic E-state index is -0.398. The second kappa shape index (κ2) is 5.57. The molecule has 1 heterocycles. The Balaban J connectivity index is 2.04. The average Bonchev–Trinajstić information content (AvgIpc) is 2.80. The molecule has 1 saturated heterocycles. The minimum Gasteiger partial charge on any atom is -0.372 e. The molecular formula is C11H13BrN2O3. The van der Waals surface area contributed by atoms with Crippen LogP contribution >= 0.6 is 15.9 Å². The van der Waals surface area contributed by atoms with E-state index in [-0.39, 0.29) is 11.8 Å². The molecule has 1 aliphatic rings. The van der Waals surface area contributed by atoms with Gasteiger partial charge < -0.3 is 10.1 Å². The third-order valence-electron chi connectivity index (χ3n) is 2.74. The van der Waals surface area contributed by atoms with Gasteiger partial charge in [0.1, 0.15) is 4.47 Å². The second-order valence-electron chi connectivity index (χ2n) is 3.93. The van der Waals surface area contributed by atoms with Crippen molar-refractivity contribution in [3.8, 4) is 0 Å². The van der Waals surface area contributed by atoms with Gasteiger partial charge in [-0.1, -0.05) is 12.1 Å². The van der Waals surface area contributed by atoms with E-state index in [0.29, 0.717) is 11.1 Å². The maximum Gasteiger partial charge on any atom is 0.283 e. The highest BCUT2D eigenvalue weighted by molar-refractivity contribution is 9.10. The molecule has 0 saturated carbocycles. The summed E-state index contributed by atoms with van der Waals surface area (Å²) in [4.78, 5) is 10.4. The van der Waals surface area contributed by atoms with Gasteiger partial charge in [-0.3, -0.25) is 10.1 Å². The van der Waals surface area contributed by atoms with E-state index in [9.17, 15) is 10.1 Å². The molecule has 1 atom stereocenters. The smallest absolute Gasteiger partial charge is 0.283 e. The Labute approximate surface area is 107 Å². The first-order valence-corrected chi connectivity index (χ1v) is 6.22. The monoisotopic (exact) mass is 300 g/mol. The van der Waals surface area contributed by atoms with E-state index in [2.05, 4.69) is 21.2 Å². The van der Waals surface area contributed by atoms with Crippen LogP contribution in [0.5, 0.6) is 0 Å². The molecule has 92 valence electrons. The molecule has 0 spiro atoms. The lowest BCUT2D eigenvalue weighted by atomic mass is 10.2. The molecule has 5 nitrogen and oxygen atoms in total. The van der Waals surface area contributed by atoms with E-state index in [1.807, 2.05) is 6.07 Å².